The number of carbonyl (C=O) groups is 7. The van der Waals surface area contributed by atoms with E-state index in [9.17, 15) is 38.7 Å². The maximum absolute atomic E-state index is 14.0. The molecule has 18 nitrogen and oxygen atoms in total. The Balaban J connectivity index is 1.77. The van der Waals surface area contributed by atoms with Crippen molar-refractivity contribution >= 4 is 47.4 Å². The van der Waals surface area contributed by atoms with Crippen LogP contribution in [0.2, 0.25) is 0 Å². The van der Waals surface area contributed by atoms with Crippen LogP contribution >= 0.6 is 0 Å². The summed E-state index contributed by atoms with van der Waals surface area (Å²) in [5.41, 5.74) is 18.6. The lowest BCUT2D eigenvalue weighted by Gasteiger charge is -2.25. The smallest absolute Gasteiger partial charge is 0.326 e. The molecule has 0 bridgehead atoms. The van der Waals surface area contributed by atoms with Crippen molar-refractivity contribution < 1.29 is 43.8 Å². The van der Waals surface area contributed by atoms with Crippen LogP contribution in [0.5, 0.6) is 0 Å². The molecule has 5 atom stereocenters. The van der Waals surface area contributed by atoms with E-state index in [1.165, 1.54) is 0 Å². The summed E-state index contributed by atoms with van der Waals surface area (Å²) in [6.07, 6.45) is -0.321. The molecule has 0 aliphatic carbocycles. The van der Waals surface area contributed by atoms with Crippen molar-refractivity contribution in [2.75, 3.05) is 13.1 Å². The summed E-state index contributed by atoms with van der Waals surface area (Å²) >= 11 is 0. The van der Waals surface area contributed by atoms with Gasteiger partial charge in [-0.25, -0.2) is 4.79 Å². The van der Waals surface area contributed by atoms with Gasteiger partial charge in [-0.05, 0) is 36.0 Å². The van der Waals surface area contributed by atoms with E-state index >= 15 is 0 Å². The maximum atomic E-state index is 14.0. The van der Waals surface area contributed by atoms with Crippen molar-refractivity contribution in [3.8, 4) is 0 Å². The van der Waals surface area contributed by atoms with E-state index in [1.807, 2.05) is 0 Å². The third-order valence-electron chi connectivity index (χ3n) is 8.75. The summed E-state index contributed by atoms with van der Waals surface area (Å²) in [5.74, 6) is -6.45. The number of benzene rings is 3. The molecule has 0 saturated heterocycles. The predicted molar refractivity (Wildman–Crippen MR) is 214 cm³/mol. The van der Waals surface area contributed by atoms with E-state index in [-0.39, 0.29) is 57.5 Å². The zero-order chi connectivity index (χ0) is 42.5. The first kappa shape index (κ1) is 45.6. The number of guanidine groups is 1. The number of rotatable bonds is 24. The van der Waals surface area contributed by atoms with Gasteiger partial charge in [-0.2, -0.15) is 0 Å². The van der Waals surface area contributed by atoms with Gasteiger partial charge in [0.25, 0.3) is 0 Å². The second-order valence-electron chi connectivity index (χ2n) is 13.4. The van der Waals surface area contributed by atoms with Crippen molar-refractivity contribution in [3.05, 3.63) is 108 Å². The summed E-state index contributed by atoms with van der Waals surface area (Å²) in [7, 11) is 0. The number of nitrogens with zero attached hydrogens (tertiary/aromatic N) is 1. The van der Waals surface area contributed by atoms with E-state index in [0.717, 1.165) is 0 Å². The first-order valence-electron chi connectivity index (χ1n) is 18.6. The highest BCUT2D eigenvalue weighted by Crippen LogP contribution is 2.10. The first-order valence-corrected chi connectivity index (χ1v) is 18.6. The lowest BCUT2D eigenvalue weighted by Crippen LogP contribution is -2.58. The van der Waals surface area contributed by atoms with E-state index < -0.39 is 78.2 Å². The van der Waals surface area contributed by atoms with Gasteiger partial charge in [0.1, 0.15) is 24.2 Å². The third-order valence-corrected chi connectivity index (χ3v) is 8.75. The topological polar surface area (TPSA) is 311 Å². The van der Waals surface area contributed by atoms with Crippen LogP contribution in [0, 0.1) is 0 Å². The van der Waals surface area contributed by atoms with Crippen LogP contribution in [0.3, 0.4) is 0 Å². The molecule has 3 aromatic rings. The average molecular weight is 802 g/mol. The number of nitrogens with one attached hydrogen (secondary N) is 5. The lowest BCUT2D eigenvalue weighted by atomic mass is 10.0. The standard InChI is InChI=1S/C40H51N9O9/c41-28(18-19-34(51)52)35(53)47-29(17-10-20-44-40(42)43)36(54)45-24-33(50)46-30(21-25-11-4-1-5-12-25)37(55)48-31(22-26-13-6-2-7-14-26)38(56)49-32(39(57)58)23-27-15-8-3-9-16-27/h1-9,11-16,28-32H,10,17-24,41H2,(H,45,54)(H,46,50)(H,47,53)(H,48,55)(H,49,56)(H,51,52)(H,57,58)(H4,42,43,44)/t28-,29-,30-,31-,32-/m0/s1. The van der Waals surface area contributed by atoms with Crippen molar-refractivity contribution in [3.63, 3.8) is 0 Å². The van der Waals surface area contributed by atoms with Gasteiger partial charge in [-0.3, -0.25) is 33.8 Å². The van der Waals surface area contributed by atoms with Gasteiger partial charge < -0.3 is 54.0 Å². The largest absolute Gasteiger partial charge is 0.481 e. The Bertz CT molecular complexity index is 1860. The predicted octanol–water partition coefficient (Wildman–Crippen LogP) is -0.900. The molecule has 18 heteroatoms. The Hall–Kier alpha value is -6.82. The van der Waals surface area contributed by atoms with E-state index in [1.54, 1.807) is 91.0 Å². The van der Waals surface area contributed by atoms with Crippen LogP contribution in [0.1, 0.15) is 42.4 Å². The van der Waals surface area contributed by atoms with Crippen LogP contribution in [0.4, 0.5) is 0 Å². The second-order valence-corrected chi connectivity index (χ2v) is 13.4. The molecule has 58 heavy (non-hydrogen) atoms. The molecule has 13 N–H and O–H groups in total. The first-order chi connectivity index (χ1) is 27.7. The number of hydrogen-bond acceptors (Lipinski definition) is 9. The molecule has 3 aromatic carbocycles. The fourth-order valence-corrected chi connectivity index (χ4v) is 5.71. The van der Waals surface area contributed by atoms with E-state index in [2.05, 4.69) is 31.6 Å². The molecular weight excluding hydrogens is 750 g/mol. The maximum Gasteiger partial charge on any atom is 0.326 e. The third kappa shape index (κ3) is 16.9. The zero-order valence-electron chi connectivity index (χ0n) is 31.8. The Kier molecular flexibility index (Phi) is 18.8. The summed E-state index contributed by atoms with van der Waals surface area (Å²) in [6.45, 7) is -0.506. The summed E-state index contributed by atoms with van der Waals surface area (Å²) in [6, 6.07) is 20.0. The van der Waals surface area contributed by atoms with Gasteiger partial charge in [0, 0.05) is 32.2 Å². The van der Waals surface area contributed by atoms with Crippen LogP contribution < -0.4 is 43.8 Å². The second kappa shape index (κ2) is 24.0. The Labute approximate surface area is 335 Å². The molecule has 0 aromatic heterocycles. The molecule has 0 radical (unpaired) electrons. The van der Waals surface area contributed by atoms with Crippen molar-refractivity contribution in [2.24, 2.45) is 22.2 Å². The normalized spacial score (nSPS) is 13.3. The van der Waals surface area contributed by atoms with Gasteiger partial charge in [-0.1, -0.05) is 91.0 Å². The highest BCUT2D eigenvalue weighted by Gasteiger charge is 2.31. The minimum absolute atomic E-state index is 0.00555. The highest BCUT2D eigenvalue weighted by atomic mass is 16.4. The summed E-state index contributed by atoms with van der Waals surface area (Å²) < 4.78 is 0. The number of aliphatic imine (C=N–C) groups is 1. The molecule has 310 valence electrons. The van der Waals surface area contributed by atoms with Gasteiger partial charge >= 0.3 is 11.9 Å². The lowest BCUT2D eigenvalue weighted by molar-refractivity contribution is -0.142. The van der Waals surface area contributed by atoms with Crippen LogP contribution in [0.25, 0.3) is 0 Å². The number of amides is 5. The molecule has 0 aliphatic heterocycles. The van der Waals surface area contributed by atoms with Crippen molar-refractivity contribution in [1.82, 2.24) is 26.6 Å². The quantitative estimate of drug-likeness (QED) is 0.0300. The fraction of sp³-hybridized carbons (Fsp3) is 0.350. The molecule has 0 unspecified atom stereocenters. The van der Waals surface area contributed by atoms with Gasteiger partial charge in [0.15, 0.2) is 5.96 Å². The summed E-state index contributed by atoms with van der Waals surface area (Å²) in [5, 5.41) is 31.7. The number of aliphatic carboxylic acids is 2. The van der Waals surface area contributed by atoms with Crippen molar-refractivity contribution in [1.29, 1.82) is 0 Å². The minimum Gasteiger partial charge on any atom is -0.481 e. The Morgan fingerprint density at radius 3 is 1.48 bits per heavy atom. The highest BCUT2D eigenvalue weighted by molar-refractivity contribution is 5.95. The molecule has 0 heterocycles. The van der Waals surface area contributed by atoms with Gasteiger partial charge in [0.05, 0.1) is 12.6 Å². The van der Waals surface area contributed by atoms with Crippen LogP contribution in [-0.4, -0.2) is 101 Å². The van der Waals surface area contributed by atoms with Crippen LogP contribution in [0.15, 0.2) is 96.0 Å². The zero-order valence-corrected chi connectivity index (χ0v) is 31.8. The summed E-state index contributed by atoms with van der Waals surface area (Å²) in [4.78, 5) is 94.0. The number of carbonyl (C=O) groups excluding carboxylic acids is 5. The molecule has 3 rings (SSSR count). The van der Waals surface area contributed by atoms with E-state index in [4.69, 9.17) is 22.3 Å². The average Bonchev–Trinajstić information content (AvgIpc) is 3.20. The van der Waals surface area contributed by atoms with Gasteiger partial charge in [0.2, 0.25) is 29.5 Å². The molecule has 0 fully saturated rings. The molecule has 5 amide bonds. The molecule has 0 spiro atoms. The number of carboxylic acids is 2. The number of hydrogen-bond donors (Lipinski definition) is 10. The molecule has 0 aliphatic rings. The minimum atomic E-state index is -1.31. The fourth-order valence-electron chi connectivity index (χ4n) is 5.71. The van der Waals surface area contributed by atoms with Crippen LogP contribution in [-0.2, 0) is 52.8 Å². The Morgan fingerprint density at radius 2 is 1.02 bits per heavy atom. The van der Waals surface area contributed by atoms with Crippen molar-refractivity contribution in [2.45, 2.75) is 75.2 Å². The SMILES string of the molecule is NC(N)=NCCC[C@H](NC(=O)[C@@H](N)CCC(=O)O)C(=O)NCC(=O)N[C@@H](Cc1ccccc1)C(=O)N[C@@H](Cc1ccccc1)C(=O)N[C@@H](Cc1ccccc1)C(=O)O. The Morgan fingerprint density at radius 1 is 0.569 bits per heavy atom. The van der Waals surface area contributed by atoms with Gasteiger partial charge in [-0.15, -0.1) is 0 Å². The van der Waals surface area contributed by atoms with E-state index in [0.29, 0.717) is 16.7 Å². The number of nitrogens with two attached hydrogens (primary N) is 3. The number of carboxylic acid groups (broad SMARTS) is 2. The molecule has 0 saturated carbocycles. The molecular formula is C40H51N9O9. The monoisotopic (exact) mass is 801 g/mol.